The third-order valence-corrected chi connectivity index (χ3v) is 6.36. The van der Waals surface area contributed by atoms with Gasteiger partial charge in [-0.15, -0.1) is 4.99 Å². The number of guanidine groups is 1. The maximum absolute atomic E-state index is 11.9. The molecule has 0 aliphatic carbocycles. The summed E-state index contributed by atoms with van der Waals surface area (Å²) in [5, 5.41) is 12.6. The van der Waals surface area contributed by atoms with Crippen LogP contribution < -0.4 is 10.2 Å². The molecule has 31 heavy (non-hydrogen) atoms. The van der Waals surface area contributed by atoms with E-state index in [1.165, 1.54) is 12.1 Å². The summed E-state index contributed by atoms with van der Waals surface area (Å²) in [5.74, 6) is 1.37. The third-order valence-electron chi connectivity index (χ3n) is 5.07. The van der Waals surface area contributed by atoms with Crippen LogP contribution in [0.2, 0.25) is 5.28 Å². The molecule has 1 N–H and O–H groups in total. The second-order valence-electron chi connectivity index (χ2n) is 7.60. The van der Waals surface area contributed by atoms with E-state index in [4.69, 9.17) is 11.6 Å². The van der Waals surface area contributed by atoms with E-state index in [-0.39, 0.29) is 22.1 Å². The summed E-state index contributed by atoms with van der Waals surface area (Å²) in [7, 11) is -3.35. The molecule has 0 radical (unpaired) electrons. The quantitative estimate of drug-likeness (QED) is 0.320. The SMILES string of the molecule is CC(C)C1CN(c2ccnc(Cl)n2)CCN1/C(=N\C#N)Nc1cccc(S(C)(=O)=O)c1. The maximum atomic E-state index is 11.9. The topological polar surface area (TPSA) is 115 Å². The van der Waals surface area contributed by atoms with E-state index in [0.29, 0.717) is 31.3 Å². The lowest BCUT2D eigenvalue weighted by molar-refractivity contribution is 0.224. The molecule has 1 aliphatic heterocycles. The zero-order valence-corrected chi connectivity index (χ0v) is 19.1. The van der Waals surface area contributed by atoms with Crippen molar-refractivity contribution >= 4 is 38.9 Å². The lowest BCUT2D eigenvalue weighted by Gasteiger charge is -2.45. The molecule has 9 nitrogen and oxygen atoms in total. The maximum Gasteiger partial charge on any atom is 0.224 e. The standard InChI is InChI=1S/C20H24ClN7O2S/c1-14(2)17-12-27(18-7-8-23-19(21)26-18)9-10-28(17)20(24-13-22)25-15-5-4-6-16(11-15)31(3,29)30/h4-8,11,14,17H,9-10,12H2,1-3H3,(H,24,25). The zero-order chi connectivity index (χ0) is 22.6. The van der Waals surface area contributed by atoms with E-state index in [2.05, 4.69) is 39.0 Å². The molecule has 1 fully saturated rings. The fourth-order valence-corrected chi connectivity index (χ4v) is 4.31. The molecule has 1 aromatic carbocycles. The number of rotatable bonds is 4. The van der Waals surface area contributed by atoms with Crippen LogP contribution in [0.15, 0.2) is 46.4 Å². The minimum absolute atomic E-state index is 0.0279. The van der Waals surface area contributed by atoms with Crippen molar-refractivity contribution in [1.29, 1.82) is 5.26 Å². The number of sulfone groups is 1. The summed E-state index contributed by atoms with van der Waals surface area (Å²) in [5.41, 5.74) is 0.546. The van der Waals surface area contributed by atoms with E-state index in [0.717, 1.165) is 12.1 Å². The van der Waals surface area contributed by atoms with E-state index >= 15 is 0 Å². The molecule has 1 atom stereocenters. The van der Waals surface area contributed by atoms with Crippen LogP contribution in [0.5, 0.6) is 0 Å². The van der Waals surface area contributed by atoms with Crippen LogP contribution >= 0.6 is 11.6 Å². The molecule has 1 aromatic heterocycles. The minimum atomic E-state index is -3.35. The van der Waals surface area contributed by atoms with Gasteiger partial charge >= 0.3 is 0 Å². The average molecular weight is 462 g/mol. The summed E-state index contributed by atoms with van der Waals surface area (Å²) >= 11 is 5.95. The first kappa shape index (κ1) is 22.8. The fourth-order valence-electron chi connectivity index (χ4n) is 3.50. The van der Waals surface area contributed by atoms with Gasteiger partial charge in [0.1, 0.15) is 5.82 Å². The number of benzene rings is 1. The molecule has 1 aliphatic rings. The molecule has 0 amide bonds. The van der Waals surface area contributed by atoms with Crippen LogP contribution in [0.25, 0.3) is 0 Å². The van der Waals surface area contributed by atoms with Crippen molar-refractivity contribution in [2.75, 3.05) is 36.1 Å². The first-order valence-electron chi connectivity index (χ1n) is 9.73. The molecule has 0 bridgehead atoms. The first-order valence-corrected chi connectivity index (χ1v) is 12.0. The summed E-state index contributed by atoms with van der Waals surface area (Å²) < 4.78 is 23.8. The Morgan fingerprint density at radius 1 is 1.35 bits per heavy atom. The summed E-state index contributed by atoms with van der Waals surface area (Å²) in [6, 6.07) is 8.30. The number of nitriles is 1. The van der Waals surface area contributed by atoms with E-state index < -0.39 is 9.84 Å². The average Bonchev–Trinajstić information content (AvgIpc) is 2.72. The lowest BCUT2D eigenvalue weighted by Crippen LogP contribution is -2.58. The van der Waals surface area contributed by atoms with Gasteiger partial charge in [0, 0.05) is 37.8 Å². The Kier molecular flexibility index (Phi) is 6.97. The van der Waals surface area contributed by atoms with Crippen molar-refractivity contribution in [3.05, 3.63) is 41.8 Å². The number of nitrogens with one attached hydrogen (secondary N) is 1. The van der Waals surface area contributed by atoms with Crippen LogP contribution in [0.4, 0.5) is 11.5 Å². The summed E-state index contributed by atoms with van der Waals surface area (Å²) in [4.78, 5) is 16.6. The highest BCUT2D eigenvalue weighted by Crippen LogP contribution is 2.24. The summed E-state index contributed by atoms with van der Waals surface area (Å²) in [6.45, 7) is 6.08. The first-order chi connectivity index (χ1) is 14.7. The van der Waals surface area contributed by atoms with Crippen molar-refractivity contribution in [2.45, 2.75) is 24.8 Å². The van der Waals surface area contributed by atoms with Gasteiger partial charge in [0.2, 0.25) is 17.4 Å². The highest BCUT2D eigenvalue weighted by Gasteiger charge is 2.32. The minimum Gasteiger partial charge on any atom is -0.353 e. The molecule has 11 heteroatoms. The van der Waals surface area contributed by atoms with Gasteiger partial charge in [-0.1, -0.05) is 19.9 Å². The van der Waals surface area contributed by atoms with Crippen LogP contribution in [0, 0.1) is 17.4 Å². The number of anilines is 2. The molecule has 0 spiro atoms. The Morgan fingerprint density at radius 2 is 2.13 bits per heavy atom. The zero-order valence-electron chi connectivity index (χ0n) is 17.5. The molecule has 2 heterocycles. The highest BCUT2D eigenvalue weighted by molar-refractivity contribution is 7.90. The van der Waals surface area contributed by atoms with Crippen molar-refractivity contribution in [2.24, 2.45) is 10.9 Å². The van der Waals surface area contributed by atoms with E-state index in [1.807, 2.05) is 17.2 Å². The van der Waals surface area contributed by atoms with Gasteiger partial charge in [-0.05, 0) is 41.8 Å². The number of nitrogens with zero attached hydrogens (tertiary/aromatic N) is 6. The predicted octanol–water partition coefficient (Wildman–Crippen LogP) is 2.63. The Labute approximate surface area is 187 Å². The molecule has 3 rings (SSSR count). The van der Waals surface area contributed by atoms with Crippen molar-refractivity contribution in [3.63, 3.8) is 0 Å². The van der Waals surface area contributed by atoms with Crippen LogP contribution in [0.3, 0.4) is 0 Å². The fraction of sp³-hybridized carbons (Fsp3) is 0.400. The number of aromatic nitrogens is 2. The number of piperazine rings is 1. The van der Waals surface area contributed by atoms with Gasteiger partial charge in [0.15, 0.2) is 9.84 Å². The van der Waals surface area contributed by atoms with Crippen molar-refractivity contribution < 1.29 is 8.42 Å². The van der Waals surface area contributed by atoms with Crippen LogP contribution in [-0.4, -0.2) is 61.2 Å². The molecular formula is C20H24ClN7O2S. The number of hydrogen-bond donors (Lipinski definition) is 1. The second kappa shape index (κ2) is 9.49. The number of aliphatic imine (C=N–C) groups is 1. The normalized spacial score (nSPS) is 17.5. The number of hydrogen-bond acceptors (Lipinski definition) is 7. The van der Waals surface area contributed by atoms with Gasteiger partial charge in [-0.3, -0.25) is 0 Å². The second-order valence-corrected chi connectivity index (χ2v) is 9.95. The number of halogens is 1. The lowest BCUT2D eigenvalue weighted by atomic mass is 9.99. The van der Waals surface area contributed by atoms with E-state index in [1.54, 1.807) is 18.3 Å². The van der Waals surface area contributed by atoms with Crippen molar-refractivity contribution in [3.8, 4) is 6.19 Å². The molecule has 0 saturated carbocycles. The summed E-state index contributed by atoms with van der Waals surface area (Å²) in [6.07, 6.45) is 4.64. The molecule has 164 valence electrons. The Hall–Kier alpha value is -2.90. The van der Waals surface area contributed by atoms with Gasteiger partial charge in [-0.2, -0.15) is 5.26 Å². The molecule has 2 aromatic rings. The molecule has 1 saturated heterocycles. The van der Waals surface area contributed by atoms with Gasteiger partial charge in [-0.25, -0.2) is 18.4 Å². The monoisotopic (exact) mass is 461 g/mol. The molecule has 1 unspecified atom stereocenters. The van der Waals surface area contributed by atoms with E-state index in [9.17, 15) is 13.7 Å². The van der Waals surface area contributed by atoms with Crippen molar-refractivity contribution in [1.82, 2.24) is 14.9 Å². The third kappa shape index (κ3) is 5.62. The largest absolute Gasteiger partial charge is 0.353 e. The highest BCUT2D eigenvalue weighted by atomic mass is 35.5. The Balaban J connectivity index is 1.86. The smallest absolute Gasteiger partial charge is 0.224 e. The Bertz CT molecular complexity index is 1110. The predicted molar refractivity (Wildman–Crippen MR) is 121 cm³/mol. The van der Waals surface area contributed by atoms with Gasteiger partial charge in [0.25, 0.3) is 0 Å². The van der Waals surface area contributed by atoms with Crippen LogP contribution in [0.1, 0.15) is 13.8 Å². The molecular weight excluding hydrogens is 438 g/mol. The Morgan fingerprint density at radius 3 is 2.77 bits per heavy atom. The van der Waals surface area contributed by atoms with Gasteiger partial charge in [0.05, 0.1) is 10.9 Å². The van der Waals surface area contributed by atoms with Crippen LogP contribution in [-0.2, 0) is 9.84 Å². The van der Waals surface area contributed by atoms with Gasteiger partial charge < -0.3 is 15.1 Å².